The fourth-order valence-corrected chi connectivity index (χ4v) is 4.29. The molecule has 0 heterocycles. The summed E-state index contributed by atoms with van der Waals surface area (Å²) in [6.45, 7) is 0. The number of carbonyl (C=O) groups excluding carboxylic acids is 1. The molecular weight excluding hydrogens is 538 g/mol. The predicted molar refractivity (Wildman–Crippen MR) is 144 cm³/mol. The second-order valence-corrected chi connectivity index (χ2v) is 9.51. The van der Waals surface area contributed by atoms with Crippen molar-refractivity contribution >= 4 is 70.7 Å². The van der Waals surface area contributed by atoms with Crippen molar-refractivity contribution in [2.24, 2.45) is 0 Å². The summed E-state index contributed by atoms with van der Waals surface area (Å²) in [5.41, 5.74) is 2.60. The number of hydrogen-bond donors (Lipinski definition) is 1. The molecule has 1 N–H and O–H groups in total. The van der Waals surface area contributed by atoms with Crippen molar-refractivity contribution in [3.8, 4) is 11.5 Å². The minimum absolute atomic E-state index is 0. The molecule has 0 aliphatic rings. The molecule has 172 valence electrons. The molecule has 0 aliphatic carbocycles. The van der Waals surface area contributed by atoms with Gasteiger partial charge in [-0.25, -0.2) is 4.57 Å². The molecule has 1 atom stereocenters. The van der Waals surface area contributed by atoms with Gasteiger partial charge < -0.3 is 9.05 Å². The van der Waals surface area contributed by atoms with Crippen LogP contribution in [-0.2, 0) is 4.57 Å². The van der Waals surface area contributed by atoms with Crippen LogP contribution in [0.4, 0.5) is 0 Å². The number of ketones is 1. The normalized spacial score (nSPS) is 12.7. The van der Waals surface area contributed by atoms with E-state index in [1.54, 1.807) is 42.5 Å². The first-order chi connectivity index (χ1) is 16.4. The van der Waals surface area contributed by atoms with Gasteiger partial charge in [0.15, 0.2) is 5.78 Å². The molecule has 1 unspecified atom stereocenters. The zero-order valence-electron chi connectivity index (χ0n) is 17.9. The molecular formula is C27H21BrNaO5P. The second kappa shape index (κ2) is 12.5. The van der Waals surface area contributed by atoms with Crippen LogP contribution in [0.15, 0.2) is 114 Å². The van der Waals surface area contributed by atoms with Crippen LogP contribution < -0.4 is 9.05 Å². The van der Waals surface area contributed by atoms with E-state index in [2.05, 4.69) is 15.9 Å². The van der Waals surface area contributed by atoms with E-state index < -0.39 is 7.82 Å². The Morgan fingerprint density at radius 1 is 0.714 bits per heavy atom. The third kappa shape index (κ3) is 7.77. The number of carbonyl (C=O) groups is 1. The van der Waals surface area contributed by atoms with Gasteiger partial charge in [-0.1, -0.05) is 76.6 Å². The van der Waals surface area contributed by atoms with Crippen LogP contribution in [0, 0.1) is 0 Å². The number of para-hydroxylation sites is 1. The van der Waals surface area contributed by atoms with E-state index in [1.165, 1.54) is 12.1 Å². The van der Waals surface area contributed by atoms with E-state index in [0.29, 0.717) is 11.1 Å². The Morgan fingerprint density at radius 2 is 1.20 bits per heavy atom. The average molecular weight is 559 g/mol. The van der Waals surface area contributed by atoms with Gasteiger partial charge >= 0.3 is 37.4 Å². The zero-order valence-corrected chi connectivity index (χ0v) is 20.4. The topological polar surface area (TPSA) is 72.8 Å². The van der Waals surface area contributed by atoms with E-state index in [0.717, 1.165) is 15.6 Å². The molecule has 0 aromatic heterocycles. The number of Topliss-reactive ketones (excluding diaryl/α,β-unsaturated/α-hetero) is 1. The van der Waals surface area contributed by atoms with Gasteiger partial charge in [0.2, 0.25) is 0 Å². The SMILES string of the molecule is O=C(C(=Cc1ccccc1)c1ccc(Br)cc1)c1ccc(OP(=O)(O)Oc2ccccc2)cc1.[NaH]. The monoisotopic (exact) mass is 558 g/mol. The van der Waals surface area contributed by atoms with E-state index in [1.807, 2.05) is 60.7 Å². The van der Waals surface area contributed by atoms with Crippen LogP contribution in [0.3, 0.4) is 0 Å². The first kappa shape index (κ1) is 27.2. The van der Waals surface area contributed by atoms with E-state index >= 15 is 0 Å². The first-order valence-corrected chi connectivity index (χ1v) is 12.6. The summed E-state index contributed by atoms with van der Waals surface area (Å²) >= 11 is 3.42. The van der Waals surface area contributed by atoms with E-state index in [9.17, 15) is 14.3 Å². The number of benzene rings is 4. The van der Waals surface area contributed by atoms with E-state index in [4.69, 9.17) is 9.05 Å². The van der Waals surface area contributed by atoms with Crippen LogP contribution in [-0.4, -0.2) is 40.2 Å². The van der Waals surface area contributed by atoms with Crippen molar-refractivity contribution in [1.29, 1.82) is 0 Å². The van der Waals surface area contributed by atoms with Gasteiger partial charge in [-0.05, 0) is 65.7 Å². The summed E-state index contributed by atoms with van der Waals surface area (Å²) in [7, 11) is -4.39. The molecule has 5 nitrogen and oxygen atoms in total. The summed E-state index contributed by atoms with van der Waals surface area (Å²) in [6.07, 6.45) is 1.84. The van der Waals surface area contributed by atoms with Crippen molar-refractivity contribution in [2.75, 3.05) is 0 Å². The first-order valence-electron chi connectivity index (χ1n) is 10.3. The van der Waals surface area contributed by atoms with Crippen LogP contribution in [0.5, 0.6) is 11.5 Å². The summed E-state index contributed by atoms with van der Waals surface area (Å²) in [4.78, 5) is 23.5. The summed E-state index contributed by atoms with van der Waals surface area (Å²) in [5, 5.41) is 0. The molecule has 0 amide bonds. The molecule has 0 saturated carbocycles. The fourth-order valence-electron chi connectivity index (χ4n) is 3.21. The summed E-state index contributed by atoms with van der Waals surface area (Å²) in [5.74, 6) is 0.131. The molecule has 0 fully saturated rings. The standard InChI is InChI=1S/C27H20BrO5P.Na.H/c28-23-15-11-21(12-16-23)26(19-20-7-3-1-4-8-20)27(29)22-13-17-25(18-14-22)33-34(30,31)32-24-9-5-2-6-10-24;;/h1-19H,(H,30,31);;. The molecule has 0 aliphatic heterocycles. The van der Waals surface area contributed by atoms with Crippen molar-refractivity contribution in [3.05, 3.63) is 130 Å². The molecule has 0 radical (unpaired) electrons. The average Bonchev–Trinajstić information content (AvgIpc) is 2.84. The Morgan fingerprint density at radius 3 is 1.77 bits per heavy atom. The molecule has 4 aromatic carbocycles. The van der Waals surface area contributed by atoms with Crippen LogP contribution in [0.1, 0.15) is 21.5 Å². The molecule has 0 bridgehead atoms. The van der Waals surface area contributed by atoms with Crippen LogP contribution >= 0.6 is 23.8 Å². The molecule has 0 spiro atoms. The van der Waals surface area contributed by atoms with Crippen molar-refractivity contribution < 1.29 is 23.3 Å². The van der Waals surface area contributed by atoms with Gasteiger partial charge in [0.25, 0.3) is 0 Å². The van der Waals surface area contributed by atoms with Crippen molar-refractivity contribution in [1.82, 2.24) is 0 Å². The molecule has 8 heteroatoms. The number of phosphoric ester groups is 1. The third-order valence-corrected chi connectivity index (χ3v) is 6.22. The van der Waals surface area contributed by atoms with Gasteiger partial charge in [0.05, 0.1) is 0 Å². The Hall–Kier alpha value is -2.44. The maximum absolute atomic E-state index is 13.4. The second-order valence-electron chi connectivity index (χ2n) is 7.29. The van der Waals surface area contributed by atoms with Gasteiger partial charge in [0.1, 0.15) is 11.5 Å². The quantitative estimate of drug-likeness (QED) is 0.0847. The van der Waals surface area contributed by atoms with Crippen LogP contribution in [0.25, 0.3) is 11.6 Å². The van der Waals surface area contributed by atoms with Gasteiger partial charge in [0, 0.05) is 15.6 Å². The van der Waals surface area contributed by atoms with Gasteiger partial charge in [-0.3, -0.25) is 9.69 Å². The number of phosphoric acid groups is 1. The van der Waals surface area contributed by atoms with Crippen molar-refractivity contribution in [2.45, 2.75) is 0 Å². The third-order valence-electron chi connectivity index (χ3n) is 4.81. The minimum atomic E-state index is -4.39. The molecule has 4 aromatic rings. The maximum atomic E-state index is 13.4. The number of hydrogen-bond acceptors (Lipinski definition) is 4. The van der Waals surface area contributed by atoms with Gasteiger partial charge in [-0.2, -0.15) is 0 Å². The Kier molecular flexibility index (Phi) is 9.70. The molecule has 0 saturated heterocycles. The summed E-state index contributed by atoms with van der Waals surface area (Å²) < 4.78 is 23.5. The zero-order chi connectivity index (χ0) is 24.0. The number of halogens is 1. The Balaban J connectivity index is 0.00000342. The fraction of sp³-hybridized carbons (Fsp3) is 0. The number of allylic oxidation sites excluding steroid dienone is 1. The Labute approximate surface area is 234 Å². The van der Waals surface area contributed by atoms with Gasteiger partial charge in [-0.15, -0.1) is 0 Å². The number of rotatable bonds is 8. The summed E-state index contributed by atoms with van der Waals surface area (Å²) in [6, 6.07) is 31.4. The molecule has 35 heavy (non-hydrogen) atoms. The van der Waals surface area contributed by atoms with Crippen LogP contribution in [0.2, 0.25) is 0 Å². The van der Waals surface area contributed by atoms with Crippen molar-refractivity contribution in [3.63, 3.8) is 0 Å². The predicted octanol–water partition coefficient (Wildman–Crippen LogP) is 6.78. The molecule has 4 rings (SSSR count). The van der Waals surface area contributed by atoms with E-state index in [-0.39, 0.29) is 46.8 Å². The Bertz CT molecular complexity index is 1340.